The SMILES string of the molecule is COc1ccnc(CSc2cccs2)c1Br. The van der Waals surface area contributed by atoms with Crippen molar-refractivity contribution in [3.63, 3.8) is 0 Å². The Labute approximate surface area is 111 Å². The van der Waals surface area contributed by atoms with Crippen LogP contribution in [0, 0.1) is 0 Å². The zero-order valence-corrected chi connectivity index (χ0v) is 11.9. The third-order valence-electron chi connectivity index (χ3n) is 1.99. The molecule has 0 amide bonds. The Bertz CT molecular complexity index is 459. The van der Waals surface area contributed by atoms with Gasteiger partial charge in [-0.3, -0.25) is 4.98 Å². The second-order valence-corrected chi connectivity index (χ2v) is 6.01. The third-order valence-corrected chi connectivity index (χ3v) is 4.98. The number of pyridine rings is 1. The number of nitrogens with zero attached hydrogens (tertiary/aromatic N) is 1. The van der Waals surface area contributed by atoms with Crippen LogP contribution in [0.25, 0.3) is 0 Å². The van der Waals surface area contributed by atoms with Crippen LogP contribution in [0.1, 0.15) is 5.69 Å². The normalized spacial score (nSPS) is 10.4. The summed E-state index contributed by atoms with van der Waals surface area (Å²) < 4.78 is 7.48. The van der Waals surface area contributed by atoms with Crippen LogP contribution in [0.15, 0.2) is 38.5 Å². The first-order chi connectivity index (χ1) is 7.81. The van der Waals surface area contributed by atoms with E-state index in [4.69, 9.17) is 4.74 Å². The lowest BCUT2D eigenvalue weighted by molar-refractivity contribution is 0.411. The zero-order valence-electron chi connectivity index (χ0n) is 8.64. The topological polar surface area (TPSA) is 22.1 Å². The molecule has 2 aromatic heterocycles. The molecule has 0 radical (unpaired) electrons. The summed E-state index contributed by atoms with van der Waals surface area (Å²) in [5.74, 6) is 1.68. The van der Waals surface area contributed by atoms with Gasteiger partial charge in [-0.15, -0.1) is 23.1 Å². The van der Waals surface area contributed by atoms with Gasteiger partial charge in [0.05, 0.1) is 21.5 Å². The molecule has 2 nitrogen and oxygen atoms in total. The van der Waals surface area contributed by atoms with Gasteiger partial charge in [0.15, 0.2) is 0 Å². The van der Waals surface area contributed by atoms with Gasteiger partial charge in [-0.2, -0.15) is 0 Å². The minimum Gasteiger partial charge on any atom is -0.495 e. The van der Waals surface area contributed by atoms with Crippen molar-refractivity contribution in [2.45, 2.75) is 9.96 Å². The van der Waals surface area contributed by atoms with Crippen LogP contribution in [-0.4, -0.2) is 12.1 Å². The number of halogens is 1. The Morgan fingerprint density at radius 3 is 3.06 bits per heavy atom. The molecule has 0 N–H and O–H groups in total. The molecule has 0 aliphatic carbocycles. The number of ether oxygens (including phenoxy) is 1. The fourth-order valence-electron chi connectivity index (χ4n) is 1.21. The number of thioether (sulfide) groups is 1. The molecule has 5 heteroatoms. The molecule has 0 aliphatic rings. The van der Waals surface area contributed by atoms with Crippen molar-refractivity contribution in [1.29, 1.82) is 0 Å². The molecule has 2 aromatic rings. The quantitative estimate of drug-likeness (QED) is 0.789. The number of thiophene rings is 1. The lowest BCUT2D eigenvalue weighted by Crippen LogP contribution is -1.92. The Balaban J connectivity index is 2.09. The van der Waals surface area contributed by atoms with Gasteiger partial charge in [-0.05, 0) is 33.4 Å². The third kappa shape index (κ3) is 2.78. The second kappa shape index (κ2) is 5.70. The van der Waals surface area contributed by atoms with Crippen molar-refractivity contribution in [2.75, 3.05) is 7.11 Å². The predicted molar refractivity (Wildman–Crippen MR) is 72.4 cm³/mol. The van der Waals surface area contributed by atoms with E-state index >= 15 is 0 Å². The molecule has 16 heavy (non-hydrogen) atoms. The van der Waals surface area contributed by atoms with Crippen molar-refractivity contribution in [3.8, 4) is 5.75 Å². The first-order valence-corrected chi connectivity index (χ1v) is 7.30. The van der Waals surface area contributed by atoms with Gasteiger partial charge in [-0.1, -0.05) is 6.07 Å². The molecule has 0 atom stereocenters. The van der Waals surface area contributed by atoms with E-state index in [0.717, 1.165) is 21.7 Å². The van der Waals surface area contributed by atoms with E-state index in [0.29, 0.717) is 0 Å². The summed E-state index contributed by atoms with van der Waals surface area (Å²) in [7, 11) is 1.66. The molecule has 0 fully saturated rings. The van der Waals surface area contributed by atoms with Gasteiger partial charge in [0, 0.05) is 11.9 Å². The molecule has 0 aromatic carbocycles. The van der Waals surface area contributed by atoms with E-state index in [2.05, 4.69) is 38.4 Å². The highest BCUT2D eigenvalue weighted by atomic mass is 79.9. The van der Waals surface area contributed by atoms with Crippen LogP contribution in [0.2, 0.25) is 0 Å². The molecule has 2 rings (SSSR count). The highest BCUT2D eigenvalue weighted by Crippen LogP contribution is 2.32. The molecule has 0 bridgehead atoms. The van der Waals surface area contributed by atoms with E-state index in [1.54, 1.807) is 36.4 Å². The van der Waals surface area contributed by atoms with Crippen molar-refractivity contribution in [1.82, 2.24) is 4.98 Å². The maximum absolute atomic E-state index is 5.23. The van der Waals surface area contributed by atoms with Crippen molar-refractivity contribution in [3.05, 3.63) is 39.9 Å². The number of aromatic nitrogens is 1. The lowest BCUT2D eigenvalue weighted by Gasteiger charge is -2.06. The highest BCUT2D eigenvalue weighted by molar-refractivity contribution is 9.10. The summed E-state index contributed by atoms with van der Waals surface area (Å²) in [5, 5.41) is 2.08. The van der Waals surface area contributed by atoms with Gasteiger partial charge in [0.1, 0.15) is 5.75 Å². The largest absolute Gasteiger partial charge is 0.495 e. The summed E-state index contributed by atoms with van der Waals surface area (Å²) in [6, 6.07) is 6.02. The van der Waals surface area contributed by atoms with Crippen LogP contribution in [0.4, 0.5) is 0 Å². The molecule has 0 saturated carbocycles. The van der Waals surface area contributed by atoms with Crippen LogP contribution in [-0.2, 0) is 5.75 Å². The Morgan fingerprint density at radius 2 is 2.38 bits per heavy atom. The van der Waals surface area contributed by atoms with Crippen LogP contribution >= 0.6 is 39.0 Å². The van der Waals surface area contributed by atoms with Gasteiger partial charge >= 0.3 is 0 Å². The van der Waals surface area contributed by atoms with Crippen molar-refractivity contribution in [2.24, 2.45) is 0 Å². The van der Waals surface area contributed by atoms with Gasteiger partial charge < -0.3 is 4.74 Å². The average Bonchev–Trinajstić information content (AvgIpc) is 2.81. The molecule has 0 aliphatic heterocycles. The van der Waals surface area contributed by atoms with E-state index in [9.17, 15) is 0 Å². The maximum atomic E-state index is 5.23. The molecular weight excluding hydrogens is 306 g/mol. The number of hydrogen-bond acceptors (Lipinski definition) is 4. The zero-order chi connectivity index (χ0) is 11.4. The Kier molecular flexibility index (Phi) is 4.26. The first kappa shape index (κ1) is 12.0. The molecular formula is C11H10BrNOS2. The van der Waals surface area contributed by atoms with Gasteiger partial charge in [0.25, 0.3) is 0 Å². The Hall–Kier alpha value is -0.520. The van der Waals surface area contributed by atoms with Gasteiger partial charge in [0.2, 0.25) is 0 Å². The van der Waals surface area contributed by atoms with E-state index in [1.165, 1.54) is 4.21 Å². The number of rotatable bonds is 4. The molecule has 0 unspecified atom stereocenters. The average molecular weight is 316 g/mol. The predicted octanol–water partition coefficient (Wildman–Crippen LogP) is 4.21. The van der Waals surface area contributed by atoms with E-state index < -0.39 is 0 Å². The summed E-state index contributed by atoms with van der Waals surface area (Å²) in [4.78, 5) is 4.34. The summed E-state index contributed by atoms with van der Waals surface area (Å²) in [6.07, 6.45) is 1.77. The fraction of sp³-hybridized carbons (Fsp3) is 0.182. The maximum Gasteiger partial charge on any atom is 0.136 e. The summed E-state index contributed by atoms with van der Waals surface area (Å²) >= 11 is 7.04. The van der Waals surface area contributed by atoms with E-state index in [-0.39, 0.29) is 0 Å². The summed E-state index contributed by atoms with van der Waals surface area (Å²) in [6.45, 7) is 0. The first-order valence-electron chi connectivity index (χ1n) is 4.65. The lowest BCUT2D eigenvalue weighted by atomic mass is 10.3. The van der Waals surface area contributed by atoms with Gasteiger partial charge in [-0.25, -0.2) is 0 Å². The summed E-state index contributed by atoms with van der Waals surface area (Å²) in [5.41, 5.74) is 1.01. The van der Waals surface area contributed by atoms with Crippen LogP contribution < -0.4 is 4.74 Å². The Morgan fingerprint density at radius 1 is 1.50 bits per heavy atom. The van der Waals surface area contributed by atoms with E-state index in [1.807, 2.05) is 6.07 Å². The van der Waals surface area contributed by atoms with Crippen LogP contribution in [0.3, 0.4) is 0 Å². The smallest absolute Gasteiger partial charge is 0.136 e. The van der Waals surface area contributed by atoms with Crippen molar-refractivity contribution < 1.29 is 4.74 Å². The molecule has 2 heterocycles. The minimum atomic E-state index is 0.830. The highest BCUT2D eigenvalue weighted by Gasteiger charge is 2.07. The molecule has 84 valence electrons. The van der Waals surface area contributed by atoms with Crippen molar-refractivity contribution >= 4 is 39.0 Å². The number of methoxy groups -OCH3 is 1. The molecule has 0 spiro atoms. The fourth-order valence-corrected chi connectivity index (χ4v) is 3.67. The standard InChI is InChI=1S/C11H10BrNOS2/c1-14-9-4-5-13-8(11(9)12)7-16-10-3-2-6-15-10/h2-6H,7H2,1H3. The number of hydrogen-bond donors (Lipinski definition) is 0. The van der Waals surface area contributed by atoms with Crippen LogP contribution in [0.5, 0.6) is 5.75 Å². The monoisotopic (exact) mass is 315 g/mol. The second-order valence-electron chi connectivity index (χ2n) is 2.99. The minimum absolute atomic E-state index is 0.830. The molecule has 0 saturated heterocycles.